The predicted molar refractivity (Wildman–Crippen MR) is 74.4 cm³/mol. The fourth-order valence-corrected chi connectivity index (χ4v) is 2.81. The lowest BCUT2D eigenvalue weighted by atomic mass is 9.89. The van der Waals surface area contributed by atoms with Crippen LogP contribution in [0.15, 0.2) is 29.8 Å². The van der Waals surface area contributed by atoms with E-state index in [0.717, 1.165) is 19.4 Å². The molecule has 1 nitrogen and oxygen atoms in total. The smallest absolute Gasteiger partial charge is 0.129 e. The number of halogens is 2. The van der Waals surface area contributed by atoms with Crippen molar-refractivity contribution in [1.29, 1.82) is 0 Å². The lowest BCUT2D eigenvalue weighted by Crippen LogP contribution is -2.25. The van der Waals surface area contributed by atoms with Crippen molar-refractivity contribution in [3.8, 4) is 0 Å². The standard InChI is InChI=1S/C15H19ClFN/c1-2-18-15(11-7-4-3-5-8-11)14-12(16)9-6-10-13(14)17/h6-7,9-10,15,18H,2-5,8H2,1H3. The summed E-state index contributed by atoms with van der Waals surface area (Å²) in [6.07, 6.45) is 6.76. The van der Waals surface area contributed by atoms with Crippen molar-refractivity contribution in [3.05, 3.63) is 46.3 Å². The average molecular weight is 268 g/mol. The molecule has 98 valence electrons. The molecule has 0 spiro atoms. The fourth-order valence-electron chi connectivity index (χ4n) is 2.53. The van der Waals surface area contributed by atoms with Crippen LogP contribution in [0, 0.1) is 5.82 Å². The maximum absolute atomic E-state index is 14.0. The van der Waals surface area contributed by atoms with Gasteiger partial charge < -0.3 is 5.32 Å². The molecular weight excluding hydrogens is 249 g/mol. The Bertz CT molecular complexity index is 422. The third-order valence-electron chi connectivity index (χ3n) is 3.39. The van der Waals surface area contributed by atoms with Crippen LogP contribution in [-0.2, 0) is 0 Å². The zero-order valence-electron chi connectivity index (χ0n) is 10.7. The number of likely N-dealkylation sites (N-methyl/N-ethyl adjacent to an activating group) is 1. The van der Waals surface area contributed by atoms with E-state index in [1.54, 1.807) is 12.1 Å². The molecule has 0 saturated heterocycles. The van der Waals surface area contributed by atoms with E-state index in [1.165, 1.54) is 24.5 Å². The highest BCUT2D eigenvalue weighted by atomic mass is 35.5. The molecule has 0 saturated carbocycles. The highest BCUT2D eigenvalue weighted by Crippen LogP contribution is 2.34. The van der Waals surface area contributed by atoms with Crippen molar-refractivity contribution in [1.82, 2.24) is 5.32 Å². The van der Waals surface area contributed by atoms with Gasteiger partial charge in [-0.25, -0.2) is 4.39 Å². The van der Waals surface area contributed by atoms with E-state index in [0.29, 0.717) is 10.6 Å². The van der Waals surface area contributed by atoms with E-state index in [-0.39, 0.29) is 11.9 Å². The van der Waals surface area contributed by atoms with Gasteiger partial charge in [0.15, 0.2) is 0 Å². The summed E-state index contributed by atoms with van der Waals surface area (Å²) in [6.45, 7) is 2.83. The monoisotopic (exact) mass is 267 g/mol. The normalized spacial score (nSPS) is 17.4. The van der Waals surface area contributed by atoms with Crippen molar-refractivity contribution in [2.24, 2.45) is 0 Å². The Labute approximate surface area is 113 Å². The second kappa shape index (κ2) is 6.35. The Morgan fingerprint density at radius 2 is 2.22 bits per heavy atom. The van der Waals surface area contributed by atoms with Gasteiger partial charge in [0.05, 0.1) is 6.04 Å². The van der Waals surface area contributed by atoms with Crippen LogP contribution in [0.4, 0.5) is 4.39 Å². The Balaban J connectivity index is 2.37. The third-order valence-corrected chi connectivity index (χ3v) is 3.72. The molecule has 0 radical (unpaired) electrons. The summed E-state index contributed by atoms with van der Waals surface area (Å²) in [5, 5.41) is 3.86. The molecule has 1 atom stereocenters. The highest BCUT2D eigenvalue weighted by molar-refractivity contribution is 6.31. The Morgan fingerprint density at radius 3 is 2.83 bits per heavy atom. The molecule has 0 aliphatic heterocycles. The zero-order chi connectivity index (χ0) is 13.0. The Kier molecular flexibility index (Phi) is 4.79. The molecule has 0 amide bonds. The largest absolute Gasteiger partial charge is 0.307 e. The minimum absolute atomic E-state index is 0.0796. The van der Waals surface area contributed by atoms with Gasteiger partial charge in [0.1, 0.15) is 5.82 Å². The molecule has 3 heteroatoms. The van der Waals surface area contributed by atoms with Gasteiger partial charge in [-0.2, -0.15) is 0 Å². The van der Waals surface area contributed by atoms with E-state index < -0.39 is 0 Å². The highest BCUT2D eigenvalue weighted by Gasteiger charge is 2.22. The van der Waals surface area contributed by atoms with Gasteiger partial charge in [-0.15, -0.1) is 0 Å². The number of allylic oxidation sites excluding steroid dienone is 1. The minimum atomic E-state index is -0.222. The van der Waals surface area contributed by atoms with Gasteiger partial charge in [0, 0.05) is 10.6 Å². The summed E-state index contributed by atoms with van der Waals surface area (Å²) in [7, 11) is 0. The van der Waals surface area contributed by atoms with E-state index in [9.17, 15) is 4.39 Å². The molecule has 0 heterocycles. The number of rotatable bonds is 4. The number of benzene rings is 1. The summed E-state index contributed by atoms with van der Waals surface area (Å²) in [5.74, 6) is -0.222. The Hall–Kier alpha value is -0.860. The second-order valence-electron chi connectivity index (χ2n) is 4.65. The van der Waals surface area contributed by atoms with Gasteiger partial charge in [-0.1, -0.05) is 36.2 Å². The molecule has 0 fully saturated rings. The number of hydrogen-bond acceptors (Lipinski definition) is 1. The van der Waals surface area contributed by atoms with Crippen LogP contribution in [0.5, 0.6) is 0 Å². The second-order valence-corrected chi connectivity index (χ2v) is 5.06. The van der Waals surface area contributed by atoms with Crippen molar-refractivity contribution in [2.45, 2.75) is 38.6 Å². The summed E-state index contributed by atoms with van der Waals surface area (Å²) in [4.78, 5) is 0. The Morgan fingerprint density at radius 1 is 1.39 bits per heavy atom. The first-order valence-electron chi connectivity index (χ1n) is 6.60. The van der Waals surface area contributed by atoms with Gasteiger partial charge in [-0.05, 0) is 44.4 Å². The summed E-state index contributed by atoms with van der Waals surface area (Å²) < 4.78 is 14.0. The van der Waals surface area contributed by atoms with Crippen molar-refractivity contribution in [3.63, 3.8) is 0 Å². The van der Waals surface area contributed by atoms with Crippen LogP contribution in [-0.4, -0.2) is 6.54 Å². The maximum Gasteiger partial charge on any atom is 0.129 e. The molecule has 0 aromatic heterocycles. The average Bonchev–Trinajstić information content (AvgIpc) is 2.38. The van der Waals surface area contributed by atoms with Crippen LogP contribution in [0.25, 0.3) is 0 Å². The quantitative estimate of drug-likeness (QED) is 0.785. The first kappa shape index (κ1) is 13.6. The molecule has 1 aliphatic rings. The summed E-state index contributed by atoms with van der Waals surface area (Å²) >= 11 is 6.17. The van der Waals surface area contributed by atoms with Gasteiger partial charge in [0.2, 0.25) is 0 Å². The first-order chi connectivity index (χ1) is 8.74. The molecule has 0 bridgehead atoms. The van der Waals surface area contributed by atoms with Crippen molar-refractivity contribution >= 4 is 11.6 Å². The summed E-state index contributed by atoms with van der Waals surface area (Å²) in [5.41, 5.74) is 1.87. The van der Waals surface area contributed by atoms with Gasteiger partial charge in [0.25, 0.3) is 0 Å². The molecule has 1 N–H and O–H groups in total. The van der Waals surface area contributed by atoms with Crippen LogP contribution in [0.2, 0.25) is 5.02 Å². The van der Waals surface area contributed by atoms with Crippen LogP contribution < -0.4 is 5.32 Å². The van der Waals surface area contributed by atoms with E-state index in [1.807, 2.05) is 6.92 Å². The van der Waals surface area contributed by atoms with Gasteiger partial charge >= 0.3 is 0 Å². The van der Waals surface area contributed by atoms with E-state index in [4.69, 9.17) is 11.6 Å². The molecule has 1 aliphatic carbocycles. The molecule has 1 aromatic rings. The molecule has 1 aromatic carbocycles. The van der Waals surface area contributed by atoms with Crippen LogP contribution in [0.3, 0.4) is 0 Å². The third kappa shape index (κ3) is 2.93. The van der Waals surface area contributed by atoms with Crippen molar-refractivity contribution < 1.29 is 4.39 Å². The van der Waals surface area contributed by atoms with Crippen LogP contribution in [0.1, 0.15) is 44.2 Å². The predicted octanol–water partition coefficient (Wildman–Crippen LogP) is 4.63. The van der Waals surface area contributed by atoms with Gasteiger partial charge in [-0.3, -0.25) is 0 Å². The lowest BCUT2D eigenvalue weighted by molar-refractivity contribution is 0.527. The molecular formula is C15H19ClFN. The minimum Gasteiger partial charge on any atom is -0.307 e. The lowest BCUT2D eigenvalue weighted by Gasteiger charge is -2.25. The number of hydrogen-bond donors (Lipinski definition) is 1. The zero-order valence-corrected chi connectivity index (χ0v) is 11.4. The fraction of sp³-hybridized carbons (Fsp3) is 0.467. The number of nitrogens with one attached hydrogen (secondary N) is 1. The van der Waals surface area contributed by atoms with E-state index in [2.05, 4.69) is 11.4 Å². The topological polar surface area (TPSA) is 12.0 Å². The maximum atomic E-state index is 14.0. The van der Waals surface area contributed by atoms with E-state index >= 15 is 0 Å². The van der Waals surface area contributed by atoms with Crippen molar-refractivity contribution in [2.75, 3.05) is 6.54 Å². The molecule has 2 rings (SSSR count). The first-order valence-corrected chi connectivity index (χ1v) is 6.98. The van der Waals surface area contributed by atoms with Crippen LogP contribution >= 0.6 is 11.6 Å². The SMILES string of the molecule is CCNC(C1=CCCCC1)c1c(F)cccc1Cl. The molecule has 18 heavy (non-hydrogen) atoms. The summed E-state index contributed by atoms with van der Waals surface area (Å²) in [6, 6.07) is 4.81. The molecule has 1 unspecified atom stereocenters.